The Hall–Kier alpha value is 0.620. The lowest BCUT2D eigenvalue weighted by atomic mass is 10.3. The van der Waals surface area contributed by atoms with Gasteiger partial charge in [0.1, 0.15) is 0 Å². The van der Waals surface area contributed by atoms with Crippen LogP contribution in [0.2, 0.25) is 0 Å². The third-order valence-corrected chi connectivity index (χ3v) is 2.72. The Kier molecular flexibility index (Phi) is 11.2. The van der Waals surface area contributed by atoms with E-state index < -0.39 is 0 Å². The molecule has 2 unspecified atom stereocenters. The maximum absolute atomic E-state index is 5.68. The van der Waals surface area contributed by atoms with Gasteiger partial charge in [0.25, 0.3) is 0 Å². The van der Waals surface area contributed by atoms with Crippen molar-refractivity contribution in [1.29, 1.82) is 0 Å². The van der Waals surface area contributed by atoms with E-state index in [1.807, 2.05) is 0 Å². The number of ether oxygens (including phenoxy) is 2. The van der Waals surface area contributed by atoms with Crippen molar-refractivity contribution in [3.8, 4) is 0 Å². The lowest BCUT2D eigenvalue weighted by Crippen LogP contribution is -2.20. The van der Waals surface area contributed by atoms with E-state index in [1.165, 1.54) is 0 Å². The van der Waals surface area contributed by atoms with Gasteiger partial charge in [-0.1, -0.05) is 27.2 Å². The Labute approximate surface area is 111 Å². The molecule has 0 aliphatic heterocycles. The standard InChI is InChI=1S/C12H26O2S2/c1-4-5-12(13-8-6-10(2)15)14-9-7-11(3)16/h10-12,15-16H,4-9H2,1-3H3. The minimum atomic E-state index is -0.0517. The maximum atomic E-state index is 5.68. The zero-order valence-electron chi connectivity index (χ0n) is 10.7. The van der Waals surface area contributed by atoms with Crippen molar-refractivity contribution in [1.82, 2.24) is 0 Å². The molecule has 0 bridgehead atoms. The first-order valence-electron chi connectivity index (χ1n) is 6.15. The van der Waals surface area contributed by atoms with Gasteiger partial charge in [0.15, 0.2) is 6.29 Å². The molecule has 0 aromatic carbocycles. The average molecular weight is 266 g/mol. The van der Waals surface area contributed by atoms with Crippen molar-refractivity contribution in [2.75, 3.05) is 13.2 Å². The molecule has 16 heavy (non-hydrogen) atoms. The van der Waals surface area contributed by atoms with E-state index in [1.54, 1.807) is 0 Å². The van der Waals surface area contributed by atoms with Crippen LogP contribution in [0.5, 0.6) is 0 Å². The van der Waals surface area contributed by atoms with Gasteiger partial charge in [-0.2, -0.15) is 25.3 Å². The highest BCUT2D eigenvalue weighted by Crippen LogP contribution is 2.09. The summed E-state index contributed by atoms with van der Waals surface area (Å²) in [6, 6.07) is 0. The first-order chi connectivity index (χ1) is 7.56. The Morgan fingerprint density at radius 2 is 1.31 bits per heavy atom. The van der Waals surface area contributed by atoms with E-state index in [0.29, 0.717) is 10.5 Å². The van der Waals surface area contributed by atoms with Crippen LogP contribution in [0.25, 0.3) is 0 Å². The molecule has 2 atom stereocenters. The van der Waals surface area contributed by atoms with Gasteiger partial charge in [-0.05, 0) is 19.3 Å². The van der Waals surface area contributed by atoms with Gasteiger partial charge in [-0.25, -0.2) is 0 Å². The fourth-order valence-corrected chi connectivity index (χ4v) is 1.40. The molecule has 0 aliphatic carbocycles. The average Bonchev–Trinajstić information content (AvgIpc) is 2.16. The number of hydrogen-bond donors (Lipinski definition) is 2. The highest BCUT2D eigenvalue weighted by atomic mass is 32.1. The molecule has 0 amide bonds. The number of rotatable bonds is 10. The summed E-state index contributed by atoms with van der Waals surface area (Å²) in [6.45, 7) is 7.75. The van der Waals surface area contributed by atoms with E-state index in [2.05, 4.69) is 46.0 Å². The molecular formula is C12H26O2S2. The van der Waals surface area contributed by atoms with Crippen molar-refractivity contribution in [3.05, 3.63) is 0 Å². The third-order valence-electron chi connectivity index (χ3n) is 2.20. The van der Waals surface area contributed by atoms with Gasteiger partial charge in [0.05, 0.1) is 13.2 Å². The summed E-state index contributed by atoms with van der Waals surface area (Å²) < 4.78 is 11.4. The summed E-state index contributed by atoms with van der Waals surface area (Å²) >= 11 is 8.64. The molecular weight excluding hydrogens is 240 g/mol. The van der Waals surface area contributed by atoms with Crippen LogP contribution in [0.3, 0.4) is 0 Å². The van der Waals surface area contributed by atoms with Gasteiger partial charge >= 0.3 is 0 Å². The first kappa shape index (κ1) is 16.6. The zero-order chi connectivity index (χ0) is 12.4. The molecule has 2 nitrogen and oxygen atoms in total. The molecule has 0 spiro atoms. The van der Waals surface area contributed by atoms with Crippen LogP contribution in [0.1, 0.15) is 46.5 Å². The minimum absolute atomic E-state index is 0.0517. The number of thiol groups is 2. The predicted molar refractivity (Wildman–Crippen MR) is 76.7 cm³/mol. The van der Waals surface area contributed by atoms with Crippen molar-refractivity contribution in [2.24, 2.45) is 0 Å². The van der Waals surface area contributed by atoms with E-state index in [-0.39, 0.29) is 6.29 Å². The Bertz CT molecular complexity index is 138. The fraction of sp³-hybridized carbons (Fsp3) is 1.00. The van der Waals surface area contributed by atoms with E-state index in [4.69, 9.17) is 9.47 Å². The highest BCUT2D eigenvalue weighted by Gasteiger charge is 2.09. The van der Waals surface area contributed by atoms with Crippen LogP contribution in [0, 0.1) is 0 Å². The van der Waals surface area contributed by atoms with Crippen molar-refractivity contribution < 1.29 is 9.47 Å². The fourth-order valence-electron chi connectivity index (χ4n) is 1.19. The molecule has 0 aromatic heterocycles. The van der Waals surface area contributed by atoms with E-state index in [0.717, 1.165) is 38.9 Å². The molecule has 0 aromatic rings. The SMILES string of the molecule is CCCC(OCCC(C)S)OCCC(C)S. The predicted octanol–water partition coefficient (Wildman–Crippen LogP) is 3.56. The van der Waals surface area contributed by atoms with Gasteiger partial charge in [0.2, 0.25) is 0 Å². The highest BCUT2D eigenvalue weighted by molar-refractivity contribution is 7.81. The second-order valence-corrected chi connectivity index (χ2v) is 6.00. The van der Waals surface area contributed by atoms with Crippen LogP contribution >= 0.6 is 25.3 Å². The van der Waals surface area contributed by atoms with Crippen LogP contribution in [-0.2, 0) is 9.47 Å². The van der Waals surface area contributed by atoms with Crippen molar-refractivity contribution in [3.63, 3.8) is 0 Å². The van der Waals surface area contributed by atoms with Crippen molar-refractivity contribution in [2.45, 2.75) is 63.2 Å². The second kappa shape index (κ2) is 10.8. The molecule has 0 heterocycles. The van der Waals surface area contributed by atoms with E-state index >= 15 is 0 Å². The smallest absolute Gasteiger partial charge is 0.157 e. The quantitative estimate of drug-likeness (QED) is 0.465. The Morgan fingerprint density at radius 3 is 1.62 bits per heavy atom. The molecule has 0 saturated carbocycles. The number of hydrogen-bond acceptors (Lipinski definition) is 4. The molecule has 0 aliphatic rings. The maximum Gasteiger partial charge on any atom is 0.157 e. The minimum Gasteiger partial charge on any atom is -0.353 e. The summed E-state index contributed by atoms with van der Waals surface area (Å²) in [5.41, 5.74) is 0. The molecule has 0 saturated heterocycles. The second-order valence-electron chi connectivity index (χ2n) is 4.24. The van der Waals surface area contributed by atoms with Crippen LogP contribution in [0.4, 0.5) is 0 Å². The van der Waals surface area contributed by atoms with Gasteiger partial charge in [0, 0.05) is 10.5 Å². The third kappa shape index (κ3) is 11.1. The monoisotopic (exact) mass is 266 g/mol. The molecule has 0 radical (unpaired) electrons. The largest absolute Gasteiger partial charge is 0.353 e. The first-order valence-corrected chi connectivity index (χ1v) is 7.18. The molecule has 0 rings (SSSR count). The van der Waals surface area contributed by atoms with Gasteiger partial charge in [-0.3, -0.25) is 0 Å². The summed E-state index contributed by atoms with van der Waals surface area (Å²) in [7, 11) is 0. The van der Waals surface area contributed by atoms with Gasteiger partial charge in [-0.15, -0.1) is 0 Å². The van der Waals surface area contributed by atoms with Crippen LogP contribution in [0.15, 0.2) is 0 Å². The van der Waals surface area contributed by atoms with Crippen LogP contribution in [-0.4, -0.2) is 30.0 Å². The lowest BCUT2D eigenvalue weighted by Gasteiger charge is -2.19. The van der Waals surface area contributed by atoms with Crippen molar-refractivity contribution >= 4 is 25.3 Å². The van der Waals surface area contributed by atoms with Gasteiger partial charge < -0.3 is 9.47 Å². The molecule has 98 valence electrons. The normalized spacial score (nSPS) is 17.1. The zero-order valence-corrected chi connectivity index (χ0v) is 12.5. The molecule has 4 heteroatoms. The summed E-state index contributed by atoms with van der Waals surface area (Å²) in [5, 5.41) is 0.777. The van der Waals surface area contributed by atoms with Crippen LogP contribution < -0.4 is 0 Å². The lowest BCUT2D eigenvalue weighted by molar-refractivity contribution is -0.146. The topological polar surface area (TPSA) is 18.5 Å². The molecule has 0 fully saturated rings. The summed E-state index contributed by atoms with van der Waals surface area (Å²) in [5.74, 6) is 0. The Balaban J connectivity index is 3.61. The summed E-state index contributed by atoms with van der Waals surface area (Å²) in [4.78, 5) is 0. The summed E-state index contributed by atoms with van der Waals surface area (Å²) in [6.07, 6.45) is 3.93. The van der Waals surface area contributed by atoms with E-state index in [9.17, 15) is 0 Å². The molecule has 0 N–H and O–H groups in total. The Morgan fingerprint density at radius 1 is 0.875 bits per heavy atom.